The van der Waals surface area contributed by atoms with Gasteiger partial charge in [-0.3, -0.25) is 9.69 Å². The molecule has 174 valence electrons. The lowest BCUT2D eigenvalue weighted by Gasteiger charge is -2.22. The molecule has 0 atom stereocenters. The fraction of sp³-hybridized carbons (Fsp3) is 0.409. The Bertz CT molecular complexity index is 1070. The van der Waals surface area contributed by atoms with E-state index < -0.39 is 39.7 Å². The molecule has 3 rings (SSSR count). The highest BCUT2D eigenvalue weighted by Gasteiger charge is 2.35. The molecular weight excluding hydrogens is 448 g/mol. The second-order valence-corrected chi connectivity index (χ2v) is 9.90. The summed E-state index contributed by atoms with van der Waals surface area (Å²) >= 11 is 0. The number of hydrogen-bond acceptors (Lipinski definition) is 4. The molecule has 0 radical (unpaired) electrons. The number of halogens is 4. The Balaban J connectivity index is 1.60. The van der Waals surface area contributed by atoms with E-state index in [9.17, 15) is 30.8 Å². The first-order valence-corrected chi connectivity index (χ1v) is 12.0. The Morgan fingerprint density at radius 2 is 1.69 bits per heavy atom. The summed E-state index contributed by atoms with van der Waals surface area (Å²) in [5.74, 6) is -1.81. The van der Waals surface area contributed by atoms with Crippen molar-refractivity contribution in [2.24, 2.45) is 0 Å². The smallest absolute Gasteiger partial charge is 0.341 e. The normalized spacial score (nSPS) is 16.1. The lowest BCUT2D eigenvalue weighted by Crippen LogP contribution is -2.36. The minimum Gasteiger partial charge on any atom is -0.341 e. The van der Waals surface area contributed by atoms with Crippen molar-refractivity contribution in [1.29, 1.82) is 0 Å². The molecule has 0 spiro atoms. The summed E-state index contributed by atoms with van der Waals surface area (Å²) in [4.78, 5) is 16.5. The van der Waals surface area contributed by atoms with Gasteiger partial charge < -0.3 is 4.90 Å². The predicted molar refractivity (Wildman–Crippen MR) is 111 cm³/mol. The predicted octanol–water partition coefficient (Wildman–Crippen LogP) is 3.53. The van der Waals surface area contributed by atoms with Crippen LogP contribution < -0.4 is 0 Å². The van der Waals surface area contributed by atoms with E-state index in [-0.39, 0.29) is 10.5 Å². The number of hydrogen-bond donors (Lipinski definition) is 0. The monoisotopic (exact) mass is 472 g/mol. The van der Waals surface area contributed by atoms with Gasteiger partial charge in [0.2, 0.25) is 5.91 Å². The lowest BCUT2D eigenvalue weighted by molar-refractivity contribution is -0.140. The van der Waals surface area contributed by atoms with Gasteiger partial charge in [0.15, 0.2) is 9.84 Å². The SMILES string of the molecule is CS(=O)(=O)c1ccc(CN2CCCN(C(=O)Cc3cccc(C(F)(F)F)c3F)CC2)cc1. The molecule has 1 fully saturated rings. The van der Waals surface area contributed by atoms with Gasteiger partial charge in [-0.15, -0.1) is 0 Å². The zero-order valence-electron chi connectivity index (χ0n) is 17.5. The number of rotatable bonds is 5. The average molecular weight is 473 g/mol. The Kier molecular flexibility index (Phi) is 7.24. The van der Waals surface area contributed by atoms with Gasteiger partial charge in [-0.1, -0.05) is 24.3 Å². The molecule has 1 amide bonds. The van der Waals surface area contributed by atoms with E-state index in [0.29, 0.717) is 45.2 Å². The Morgan fingerprint density at radius 1 is 1.00 bits per heavy atom. The van der Waals surface area contributed by atoms with Gasteiger partial charge in [0.25, 0.3) is 0 Å². The van der Waals surface area contributed by atoms with Crippen molar-refractivity contribution in [3.05, 3.63) is 65.0 Å². The standard InChI is InChI=1S/C22H24F4N2O3S/c1-32(30,31)18-8-6-16(7-9-18)15-27-10-3-11-28(13-12-27)20(29)14-17-4-2-5-19(21(17)23)22(24,25)26/h2,4-9H,3,10-15H2,1H3. The summed E-state index contributed by atoms with van der Waals surface area (Å²) in [5, 5.41) is 0. The molecule has 0 unspecified atom stereocenters. The molecular formula is C22H24F4N2O3S. The number of carbonyl (C=O) groups is 1. The van der Waals surface area contributed by atoms with Crippen molar-refractivity contribution >= 4 is 15.7 Å². The summed E-state index contributed by atoms with van der Waals surface area (Å²) < 4.78 is 76.1. The van der Waals surface area contributed by atoms with Crippen molar-refractivity contribution in [2.45, 2.75) is 30.5 Å². The second-order valence-electron chi connectivity index (χ2n) is 7.88. The van der Waals surface area contributed by atoms with Crippen LogP contribution >= 0.6 is 0 Å². The lowest BCUT2D eigenvalue weighted by atomic mass is 10.1. The molecule has 1 aliphatic rings. The van der Waals surface area contributed by atoms with Gasteiger partial charge in [0, 0.05) is 39.0 Å². The number of amides is 1. The van der Waals surface area contributed by atoms with Gasteiger partial charge in [0.1, 0.15) is 5.82 Å². The zero-order chi connectivity index (χ0) is 23.5. The zero-order valence-corrected chi connectivity index (χ0v) is 18.3. The Hall–Kier alpha value is -2.46. The maximum Gasteiger partial charge on any atom is 0.419 e. The van der Waals surface area contributed by atoms with Crippen LogP contribution in [0.15, 0.2) is 47.4 Å². The van der Waals surface area contributed by atoms with E-state index in [1.54, 1.807) is 29.2 Å². The molecule has 1 saturated heterocycles. The number of carbonyl (C=O) groups excluding carboxylic acids is 1. The molecule has 10 heteroatoms. The van der Waals surface area contributed by atoms with Crippen LogP contribution in [0.1, 0.15) is 23.1 Å². The Morgan fingerprint density at radius 3 is 2.31 bits per heavy atom. The van der Waals surface area contributed by atoms with Crippen LogP contribution in [-0.4, -0.2) is 56.6 Å². The molecule has 2 aromatic carbocycles. The van der Waals surface area contributed by atoms with Crippen molar-refractivity contribution in [3.63, 3.8) is 0 Å². The summed E-state index contributed by atoms with van der Waals surface area (Å²) in [6, 6.07) is 9.58. The van der Waals surface area contributed by atoms with Crippen LogP contribution in [-0.2, 0) is 33.8 Å². The van der Waals surface area contributed by atoms with Crippen molar-refractivity contribution in [3.8, 4) is 0 Å². The molecule has 0 aliphatic carbocycles. The first kappa shape index (κ1) is 24.2. The van der Waals surface area contributed by atoms with E-state index in [0.717, 1.165) is 17.9 Å². The average Bonchev–Trinajstić information content (AvgIpc) is 2.94. The van der Waals surface area contributed by atoms with E-state index in [1.807, 2.05) is 0 Å². The maximum absolute atomic E-state index is 14.2. The topological polar surface area (TPSA) is 57.7 Å². The van der Waals surface area contributed by atoms with Gasteiger partial charge in [-0.2, -0.15) is 13.2 Å². The largest absolute Gasteiger partial charge is 0.419 e. The third-order valence-corrected chi connectivity index (χ3v) is 6.55. The molecule has 1 aliphatic heterocycles. The quantitative estimate of drug-likeness (QED) is 0.625. The molecule has 1 heterocycles. The summed E-state index contributed by atoms with van der Waals surface area (Å²) in [6.07, 6.45) is -3.43. The van der Waals surface area contributed by atoms with Crippen LogP contribution in [0.2, 0.25) is 0 Å². The molecule has 2 aromatic rings. The van der Waals surface area contributed by atoms with Crippen LogP contribution in [0.25, 0.3) is 0 Å². The fourth-order valence-corrected chi connectivity index (χ4v) is 4.32. The van der Waals surface area contributed by atoms with Crippen molar-refractivity contribution in [1.82, 2.24) is 9.80 Å². The number of nitrogens with zero attached hydrogens (tertiary/aromatic N) is 2. The van der Waals surface area contributed by atoms with Crippen molar-refractivity contribution < 1.29 is 30.8 Å². The number of benzene rings is 2. The highest BCUT2D eigenvalue weighted by molar-refractivity contribution is 7.90. The van der Waals surface area contributed by atoms with Crippen molar-refractivity contribution in [2.75, 3.05) is 32.4 Å². The maximum atomic E-state index is 14.2. The van der Waals surface area contributed by atoms with Gasteiger partial charge in [0.05, 0.1) is 16.9 Å². The van der Waals surface area contributed by atoms with Gasteiger partial charge >= 0.3 is 6.18 Å². The van der Waals surface area contributed by atoms with E-state index >= 15 is 0 Å². The third kappa shape index (κ3) is 6.07. The molecule has 0 N–H and O–H groups in total. The summed E-state index contributed by atoms with van der Waals surface area (Å²) in [6.45, 7) is 2.64. The van der Waals surface area contributed by atoms with E-state index in [4.69, 9.17) is 0 Å². The third-order valence-electron chi connectivity index (χ3n) is 5.42. The molecule has 32 heavy (non-hydrogen) atoms. The van der Waals surface area contributed by atoms with E-state index in [2.05, 4.69) is 4.90 Å². The molecule has 0 aromatic heterocycles. The molecule has 5 nitrogen and oxygen atoms in total. The minimum atomic E-state index is -4.81. The van der Waals surface area contributed by atoms with Gasteiger partial charge in [-0.25, -0.2) is 12.8 Å². The van der Waals surface area contributed by atoms with E-state index in [1.165, 1.54) is 6.07 Å². The fourth-order valence-electron chi connectivity index (χ4n) is 3.69. The van der Waals surface area contributed by atoms with Crippen LogP contribution in [0, 0.1) is 5.82 Å². The number of alkyl halides is 3. The highest BCUT2D eigenvalue weighted by Crippen LogP contribution is 2.32. The Labute approximate surface area is 184 Å². The first-order valence-electron chi connectivity index (χ1n) is 10.1. The first-order chi connectivity index (χ1) is 14.9. The number of sulfone groups is 1. The van der Waals surface area contributed by atoms with Crippen LogP contribution in [0.5, 0.6) is 0 Å². The van der Waals surface area contributed by atoms with Gasteiger partial charge in [-0.05, 0) is 35.7 Å². The summed E-state index contributed by atoms with van der Waals surface area (Å²) in [7, 11) is -3.26. The van der Waals surface area contributed by atoms with Crippen LogP contribution in [0.3, 0.4) is 0 Å². The highest BCUT2D eigenvalue weighted by atomic mass is 32.2. The van der Waals surface area contributed by atoms with Crippen LogP contribution in [0.4, 0.5) is 17.6 Å². The minimum absolute atomic E-state index is 0.246. The molecule has 0 bridgehead atoms. The second kappa shape index (κ2) is 9.58. The molecule has 0 saturated carbocycles. The summed E-state index contributed by atoms with van der Waals surface area (Å²) in [5.41, 5.74) is -0.702.